The fourth-order valence-corrected chi connectivity index (χ4v) is 3.66. The highest BCUT2D eigenvalue weighted by atomic mass is 32.2. The highest BCUT2D eigenvalue weighted by Crippen LogP contribution is 2.41. The molecular weight excluding hydrogens is 258 g/mol. The van der Waals surface area contributed by atoms with Crippen LogP contribution >= 0.6 is 11.8 Å². The summed E-state index contributed by atoms with van der Waals surface area (Å²) >= 11 is 1.81. The number of rotatable bonds is 5. The van der Waals surface area contributed by atoms with Crippen LogP contribution < -0.4 is 5.32 Å². The van der Waals surface area contributed by atoms with E-state index in [1.54, 1.807) is 0 Å². The van der Waals surface area contributed by atoms with Crippen LogP contribution in [0.5, 0.6) is 0 Å². The minimum atomic E-state index is -0.659. The smallest absolute Gasteiger partial charge is 0.331 e. The van der Waals surface area contributed by atoms with Gasteiger partial charge in [0.2, 0.25) is 0 Å². The van der Waals surface area contributed by atoms with E-state index in [1.165, 1.54) is 4.90 Å². The second-order valence-corrected chi connectivity index (χ2v) is 5.78. The van der Waals surface area contributed by atoms with Crippen LogP contribution in [0.2, 0.25) is 0 Å². The second kappa shape index (κ2) is 6.44. The molecule has 104 valence electrons. The zero-order chi connectivity index (χ0) is 13.7. The predicted molar refractivity (Wildman–Crippen MR) is 78.4 cm³/mol. The van der Waals surface area contributed by atoms with E-state index < -0.39 is 5.54 Å². The summed E-state index contributed by atoms with van der Waals surface area (Å²) in [6.45, 7) is 5.20. The molecule has 4 heteroatoms. The lowest BCUT2D eigenvalue weighted by molar-refractivity contribution is -0.152. The van der Waals surface area contributed by atoms with Gasteiger partial charge in [-0.25, -0.2) is 4.79 Å². The van der Waals surface area contributed by atoms with Crippen LogP contribution in [0, 0.1) is 0 Å². The molecule has 0 bridgehead atoms. The molecule has 0 aliphatic carbocycles. The third kappa shape index (κ3) is 2.79. The van der Waals surface area contributed by atoms with Crippen molar-refractivity contribution in [3.05, 3.63) is 29.8 Å². The summed E-state index contributed by atoms with van der Waals surface area (Å²) in [6.07, 6.45) is 1.78. The maximum atomic E-state index is 12.5. The maximum Gasteiger partial charge on any atom is 0.331 e. The monoisotopic (exact) mass is 279 g/mol. The first-order valence-electron chi connectivity index (χ1n) is 6.89. The van der Waals surface area contributed by atoms with Crippen LogP contribution in [0.15, 0.2) is 29.2 Å². The fraction of sp³-hybridized carbons (Fsp3) is 0.533. The Morgan fingerprint density at radius 2 is 2.21 bits per heavy atom. The number of carbonyl (C=O) groups excluding carboxylic acids is 1. The highest BCUT2D eigenvalue weighted by Gasteiger charge is 2.44. The fourth-order valence-electron chi connectivity index (χ4n) is 2.45. The quantitative estimate of drug-likeness (QED) is 0.841. The van der Waals surface area contributed by atoms with Gasteiger partial charge in [-0.05, 0) is 37.9 Å². The molecule has 1 N–H and O–H groups in total. The molecule has 1 aromatic rings. The minimum absolute atomic E-state index is 0.142. The molecule has 0 saturated heterocycles. The Kier molecular flexibility index (Phi) is 4.88. The molecule has 3 nitrogen and oxygen atoms in total. The number of hydrogen-bond acceptors (Lipinski definition) is 4. The molecule has 1 aromatic carbocycles. The van der Waals surface area contributed by atoms with Gasteiger partial charge in [0.1, 0.15) is 5.54 Å². The van der Waals surface area contributed by atoms with E-state index in [9.17, 15) is 4.79 Å². The zero-order valence-electron chi connectivity index (χ0n) is 11.6. The van der Waals surface area contributed by atoms with Gasteiger partial charge < -0.3 is 4.74 Å². The SMILES string of the molecule is CCCNC1(C(=O)OCC)CCSc2ccccc21. The summed E-state index contributed by atoms with van der Waals surface area (Å²) in [5.41, 5.74) is 0.409. The number of fused-ring (bicyclic) bond motifs is 1. The molecule has 0 spiro atoms. The van der Waals surface area contributed by atoms with Gasteiger partial charge in [-0.1, -0.05) is 25.1 Å². The average Bonchev–Trinajstić information content (AvgIpc) is 2.45. The van der Waals surface area contributed by atoms with Crippen LogP contribution in [0.25, 0.3) is 0 Å². The molecule has 0 radical (unpaired) electrons. The van der Waals surface area contributed by atoms with E-state index in [-0.39, 0.29) is 5.97 Å². The van der Waals surface area contributed by atoms with Gasteiger partial charge in [-0.3, -0.25) is 5.32 Å². The Bertz CT molecular complexity index is 450. The molecule has 1 atom stereocenters. The van der Waals surface area contributed by atoms with Crippen molar-refractivity contribution in [2.45, 2.75) is 37.1 Å². The first-order valence-corrected chi connectivity index (χ1v) is 7.87. The number of hydrogen-bond donors (Lipinski definition) is 1. The molecule has 19 heavy (non-hydrogen) atoms. The summed E-state index contributed by atoms with van der Waals surface area (Å²) in [5, 5.41) is 3.44. The van der Waals surface area contributed by atoms with Crippen molar-refractivity contribution in [2.24, 2.45) is 0 Å². The van der Waals surface area contributed by atoms with Gasteiger partial charge in [0.05, 0.1) is 6.61 Å². The van der Waals surface area contributed by atoms with E-state index in [0.29, 0.717) is 6.61 Å². The Labute approximate surface area is 119 Å². The van der Waals surface area contributed by atoms with Crippen molar-refractivity contribution in [2.75, 3.05) is 18.9 Å². The van der Waals surface area contributed by atoms with E-state index >= 15 is 0 Å². The van der Waals surface area contributed by atoms with Gasteiger partial charge in [0.15, 0.2) is 0 Å². The average molecular weight is 279 g/mol. The number of esters is 1. The molecular formula is C15H21NO2S. The Morgan fingerprint density at radius 3 is 2.95 bits per heavy atom. The number of thioether (sulfide) groups is 1. The topological polar surface area (TPSA) is 38.3 Å². The predicted octanol–water partition coefficient (Wildman–Crippen LogP) is 2.94. The molecule has 0 saturated carbocycles. The zero-order valence-corrected chi connectivity index (χ0v) is 12.4. The van der Waals surface area contributed by atoms with Gasteiger partial charge in [-0.15, -0.1) is 11.8 Å². The number of benzene rings is 1. The summed E-state index contributed by atoms with van der Waals surface area (Å²) in [6, 6.07) is 8.14. The van der Waals surface area contributed by atoms with Crippen molar-refractivity contribution in [3.8, 4) is 0 Å². The molecule has 1 heterocycles. The Balaban J connectivity index is 2.41. The first-order chi connectivity index (χ1) is 9.24. The molecule has 0 aromatic heterocycles. The number of ether oxygens (including phenoxy) is 1. The van der Waals surface area contributed by atoms with Crippen LogP contribution in [0.1, 0.15) is 32.3 Å². The molecule has 1 unspecified atom stereocenters. The van der Waals surface area contributed by atoms with Crippen molar-refractivity contribution in [3.63, 3.8) is 0 Å². The van der Waals surface area contributed by atoms with Crippen molar-refractivity contribution >= 4 is 17.7 Å². The molecule has 0 fully saturated rings. The molecule has 0 amide bonds. The van der Waals surface area contributed by atoms with Gasteiger partial charge in [0.25, 0.3) is 0 Å². The van der Waals surface area contributed by atoms with Crippen molar-refractivity contribution < 1.29 is 9.53 Å². The Hall–Kier alpha value is -1.00. The van der Waals surface area contributed by atoms with E-state index in [0.717, 1.165) is 30.7 Å². The summed E-state index contributed by atoms with van der Waals surface area (Å²) < 4.78 is 5.33. The van der Waals surface area contributed by atoms with Crippen LogP contribution in [0.4, 0.5) is 0 Å². The maximum absolute atomic E-state index is 12.5. The highest BCUT2D eigenvalue weighted by molar-refractivity contribution is 7.99. The lowest BCUT2D eigenvalue weighted by atomic mass is 9.86. The minimum Gasteiger partial charge on any atom is -0.464 e. The van der Waals surface area contributed by atoms with Gasteiger partial charge >= 0.3 is 5.97 Å². The van der Waals surface area contributed by atoms with E-state index in [4.69, 9.17) is 4.74 Å². The van der Waals surface area contributed by atoms with E-state index in [1.807, 2.05) is 36.9 Å². The largest absolute Gasteiger partial charge is 0.464 e. The molecule has 2 rings (SSSR count). The van der Waals surface area contributed by atoms with Crippen LogP contribution in [-0.4, -0.2) is 24.9 Å². The third-order valence-corrected chi connectivity index (χ3v) is 4.46. The molecule has 1 aliphatic heterocycles. The standard InChI is InChI=1S/C15H21NO2S/c1-3-10-16-15(14(17)18-4-2)9-11-19-13-8-6-5-7-12(13)15/h5-8,16H,3-4,9-11H2,1-2H3. The second-order valence-electron chi connectivity index (χ2n) is 4.65. The lowest BCUT2D eigenvalue weighted by Gasteiger charge is -2.37. The lowest BCUT2D eigenvalue weighted by Crippen LogP contribution is -2.52. The van der Waals surface area contributed by atoms with Gasteiger partial charge in [0, 0.05) is 10.6 Å². The van der Waals surface area contributed by atoms with Crippen LogP contribution in [0.3, 0.4) is 0 Å². The van der Waals surface area contributed by atoms with Crippen molar-refractivity contribution in [1.29, 1.82) is 0 Å². The van der Waals surface area contributed by atoms with Crippen molar-refractivity contribution in [1.82, 2.24) is 5.32 Å². The Morgan fingerprint density at radius 1 is 1.42 bits per heavy atom. The van der Waals surface area contributed by atoms with Crippen LogP contribution in [-0.2, 0) is 15.1 Å². The van der Waals surface area contributed by atoms with Gasteiger partial charge in [-0.2, -0.15) is 0 Å². The molecule has 1 aliphatic rings. The summed E-state index contributed by atoms with van der Waals surface area (Å²) in [5.74, 6) is 0.795. The van der Waals surface area contributed by atoms with E-state index in [2.05, 4.69) is 18.3 Å². The third-order valence-electron chi connectivity index (χ3n) is 3.38. The first kappa shape index (κ1) is 14.4. The summed E-state index contributed by atoms with van der Waals surface area (Å²) in [4.78, 5) is 13.7. The number of nitrogens with one attached hydrogen (secondary N) is 1. The normalized spacial score (nSPS) is 21.8. The number of carbonyl (C=O) groups is 1. The summed E-state index contributed by atoms with van der Waals surface area (Å²) in [7, 11) is 0.